The molecule has 0 bridgehead atoms. The van der Waals surface area contributed by atoms with Crippen molar-refractivity contribution < 1.29 is 119 Å². The van der Waals surface area contributed by atoms with E-state index in [-0.39, 0.29) is 30.1 Å². The lowest BCUT2D eigenvalue weighted by Crippen LogP contribution is -2.69. The van der Waals surface area contributed by atoms with Crippen LogP contribution in [-0.2, 0) is 47.5 Å². The number of carboxylic acid groups (broad SMARTS) is 1. The molecule has 8 fully saturated rings. The van der Waals surface area contributed by atoms with E-state index in [9.17, 15) is 76.3 Å². The van der Waals surface area contributed by atoms with Crippen LogP contribution in [0.3, 0.4) is 0 Å². The fraction of sp³-hybridized carbons (Fsp3) is 0.925. The number of ether oxygens (including phenoxy) is 8. The Balaban J connectivity index is 0.994. The molecule has 0 radical (unpaired) electrons. The molecule has 9 aliphatic rings. The summed E-state index contributed by atoms with van der Waals surface area (Å²) < 4.78 is 48.3. The molecule has 0 amide bonds. The van der Waals surface area contributed by atoms with Gasteiger partial charge < -0.3 is 109 Å². The molecule has 440 valence electrons. The summed E-state index contributed by atoms with van der Waals surface area (Å²) >= 11 is 0. The summed E-state index contributed by atoms with van der Waals surface area (Å²) in [5.41, 5.74) is -2.66. The quantitative estimate of drug-likeness (QED) is 0.0886. The molecule has 9 rings (SSSR count). The number of carboxylic acids is 1. The number of fused-ring (bicyclic) bond motifs is 7. The van der Waals surface area contributed by atoms with Gasteiger partial charge in [0.25, 0.3) is 0 Å². The largest absolute Gasteiger partial charge is 0.479 e. The van der Waals surface area contributed by atoms with E-state index < -0.39 is 194 Å². The average molecular weight is 1110 g/mol. The lowest BCUT2D eigenvalue weighted by molar-refractivity contribution is -0.397. The van der Waals surface area contributed by atoms with Gasteiger partial charge >= 0.3 is 5.97 Å². The molecule has 0 spiro atoms. The van der Waals surface area contributed by atoms with Crippen molar-refractivity contribution >= 4 is 11.8 Å². The first-order valence-corrected chi connectivity index (χ1v) is 27.3. The average Bonchev–Trinajstić information content (AvgIpc) is 3.55. The van der Waals surface area contributed by atoms with Crippen LogP contribution in [0.5, 0.6) is 0 Å². The topological polar surface area (TPSA) is 391 Å². The van der Waals surface area contributed by atoms with E-state index >= 15 is 4.79 Å². The van der Waals surface area contributed by atoms with Crippen LogP contribution in [0.4, 0.5) is 0 Å². The molecule has 4 saturated heterocycles. The highest BCUT2D eigenvalue weighted by Crippen LogP contribution is 2.75. The molecule has 29 unspecified atom stereocenters. The van der Waals surface area contributed by atoms with E-state index in [1.54, 1.807) is 0 Å². The Kier molecular flexibility index (Phi) is 16.5. The van der Waals surface area contributed by atoms with Gasteiger partial charge in [-0.05, 0) is 90.9 Å². The minimum atomic E-state index is -2.17. The molecule has 0 aromatic carbocycles. The summed E-state index contributed by atoms with van der Waals surface area (Å²) in [6, 6.07) is 0. The molecule has 29 atom stereocenters. The zero-order chi connectivity index (χ0) is 56.4. The van der Waals surface area contributed by atoms with E-state index in [0.29, 0.717) is 32.1 Å². The van der Waals surface area contributed by atoms with E-state index in [0.717, 1.165) is 18.4 Å². The second-order valence-electron chi connectivity index (χ2n) is 26.0. The van der Waals surface area contributed by atoms with E-state index in [1.807, 2.05) is 13.0 Å². The van der Waals surface area contributed by atoms with Gasteiger partial charge in [-0.1, -0.05) is 54.0 Å². The molecular formula is C53H84O24. The highest BCUT2D eigenvalue weighted by atomic mass is 16.8. The number of aliphatic hydroxyl groups is 13. The summed E-state index contributed by atoms with van der Waals surface area (Å²) in [5, 5.41) is 150. The summed E-state index contributed by atoms with van der Waals surface area (Å²) in [6.45, 7) is 12.4. The second kappa shape index (κ2) is 21.3. The highest BCUT2D eigenvalue weighted by molar-refractivity contribution is 5.95. The SMILES string of the molecule is CC1(C)CC(OC2OCC(O)C(O)C2O)C2(C)CCC3(C)C(=CC(=O)C4C5(C)CCC(OC6OC(C(=O)O)C(O)C(O)C6OC6OC(CO)C(O)C(O)C6OC6OC(CO)C(O)C(O)C6O)C(C)(CO)C5CCC43C)C2C1. The predicted molar refractivity (Wildman–Crippen MR) is 259 cm³/mol. The Morgan fingerprint density at radius 1 is 0.597 bits per heavy atom. The van der Waals surface area contributed by atoms with Crippen molar-refractivity contribution in [3.63, 3.8) is 0 Å². The van der Waals surface area contributed by atoms with Crippen molar-refractivity contribution in [2.75, 3.05) is 26.4 Å². The molecule has 14 N–H and O–H groups in total. The standard InChI is InChI=1S/C53H84O24/c1-48(2)15-22-21-14-23(57)42-50(4)10-9-28(51(5,20-56)27(50)8-11-53(42,7)52(21,6)13-12-49(22,3)29(16-48)74-44-37(66)30(59)24(58)19-70-44)73-47-41(36(65)35(64)39(75-47)43(68)69)77-46-40(34(63)32(61)26(18-55)72-46)76-45-38(67)33(62)31(60)25(17-54)71-45/h14,22,24-42,44-47,54-56,58-67H,8-13,15-20H2,1-7H3,(H,68,69). The number of carbonyl (C=O) groups is 2. The number of allylic oxidation sites excluding steroid dienone is 2. The molecule has 24 nitrogen and oxygen atoms in total. The number of hydrogen-bond donors (Lipinski definition) is 14. The van der Waals surface area contributed by atoms with Crippen LogP contribution < -0.4 is 0 Å². The maximum Gasteiger partial charge on any atom is 0.335 e. The minimum Gasteiger partial charge on any atom is -0.479 e. The number of carbonyl (C=O) groups excluding carboxylic acids is 1. The Bertz CT molecular complexity index is 2180. The summed E-state index contributed by atoms with van der Waals surface area (Å²) in [4.78, 5) is 27.9. The van der Waals surface area contributed by atoms with Crippen LogP contribution in [0.1, 0.15) is 99.8 Å². The first-order chi connectivity index (χ1) is 36.0. The fourth-order valence-corrected chi connectivity index (χ4v) is 16.2. The van der Waals surface area contributed by atoms with Gasteiger partial charge in [0.1, 0.15) is 85.5 Å². The molecule has 24 heteroatoms. The van der Waals surface area contributed by atoms with E-state index in [4.69, 9.17) is 37.9 Å². The maximum absolute atomic E-state index is 15.4. The Morgan fingerprint density at radius 2 is 1.17 bits per heavy atom. The van der Waals surface area contributed by atoms with E-state index in [1.165, 1.54) is 0 Å². The van der Waals surface area contributed by atoms with Gasteiger partial charge in [-0.25, -0.2) is 4.79 Å². The monoisotopic (exact) mass is 1100 g/mol. The van der Waals surface area contributed by atoms with Gasteiger partial charge in [0.15, 0.2) is 37.0 Å². The van der Waals surface area contributed by atoms with Gasteiger partial charge in [-0.15, -0.1) is 0 Å². The van der Waals surface area contributed by atoms with Crippen molar-refractivity contribution in [2.45, 2.75) is 229 Å². The molecule has 0 aromatic heterocycles. The molecule has 4 saturated carbocycles. The van der Waals surface area contributed by atoms with Crippen LogP contribution in [0.15, 0.2) is 11.6 Å². The third kappa shape index (κ3) is 9.60. The first kappa shape index (κ1) is 59.7. The molecule has 4 aliphatic heterocycles. The van der Waals surface area contributed by atoms with Crippen LogP contribution in [0.2, 0.25) is 0 Å². The number of aliphatic carboxylic acids is 1. The van der Waals surface area contributed by atoms with Crippen LogP contribution in [0.25, 0.3) is 0 Å². The molecule has 4 heterocycles. The van der Waals surface area contributed by atoms with Crippen molar-refractivity contribution in [3.05, 3.63) is 11.6 Å². The zero-order valence-electron chi connectivity index (χ0n) is 44.8. The smallest absolute Gasteiger partial charge is 0.335 e. The Morgan fingerprint density at radius 3 is 1.79 bits per heavy atom. The van der Waals surface area contributed by atoms with Gasteiger partial charge in [0, 0.05) is 16.7 Å². The summed E-state index contributed by atoms with van der Waals surface area (Å²) in [5.74, 6) is -2.74. The Hall–Kier alpha value is -1.96. The maximum atomic E-state index is 15.4. The van der Waals surface area contributed by atoms with Crippen LogP contribution >= 0.6 is 0 Å². The normalized spacial score (nSPS) is 54.8. The highest BCUT2D eigenvalue weighted by Gasteiger charge is 2.72. The van der Waals surface area contributed by atoms with Crippen molar-refractivity contribution in [1.82, 2.24) is 0 Å². The number of ketones is 1. The summed E-state index contributed by atoms with van der Waals surface area (Å²) in [6.07, 6.45) is -29.1. The molecule has 77 heavy (non-hydrogen) atoms. The van der Waals surface area contributed by atoms with Gasteiger partial charge in [0.05, 0.1) is 38.6 Å². The third-order valence-corrected chi connectivity index (χ3v) is 21.0. The molecule has 0 aromatic rings. The fourth-order valence-electron chi connectivity index (χ4n) is 16.2. The number of hydrogen-bond acceptors (Lipinski definition) is 23. The van der Waals surface area contributed by atoms with Gasteiger partial charge in [-0.2, -0.15) is 0 Å². The van der Waals surface area contributed by atoms with Crippen LogP contribution in [0, 0.1) is 50.2 Å². The van der Waals surface area contributed by atoms with Gasteiger partial charge in [0.2, 0.25) is 0 Å². The molecular weight excluding hydrogens is 1020 g/mol. The summed E-state index contributed by atoms with van der Waals surface area (Å²) in [7, 11) is 0. The van der Waals surface area contributed by atoms with E-state index in [2.05, 4.69) is 41.5 Å². The van der Waals surface area contributed by atoms with Crippen molar-refractivity contribution in [3.8, 4) is 0 Å². The third-order valence-electron chi connectivity index (χ3n) is 21.0. The number of rotatable bonds is 12. The van der Waals surface area contributed by atoms with Crippen LogP contribution in [-0.4, -0.2) is 239 Å². The lowest BCUT2D eigenvalue weighted by Gasteiger charge is -2.71. The lowest BCUT2D eigenvalue weighted by atomic mass is 9.33. The Labute approximate surface area is 446 Å². The second-order valence-corrected chi connectivity index (χ2v) is 26.0. The first-order valence-electron chi connectivity index (χ1n) is 27.3. The van der Waals surface area contributed by atoms with Crippen molar-refractivity contribution in [1.29, 1.82) is 0 Å². The minimum absolute atomic E-state index is 0.0352. The number of aliphatic hydroxyl groups excluding tert-OH is 13. The van der Waals surface area contributed by atoms with Gasteiger partial charge in [-0.3, -0.25) is 4.79 Å². The molecule has 5 aliphatic carbocycles. The zero-order valence-corrected chi connectivity index (χ0v) is 44.8. The predicted octanol–water partition coefficient (Wildman–Crippen LogP) is -2.68. The van der Waals surface area contributed by atoms with Crippen molar-refractivity contribution in [2.24, 2.45) is 50.2 Å².